The molecule has 2 aromatic rings. The van der Waals surface area contributed by atoms with Crippen LogP contribution in [0.5, 0.6) is 0 Å². The summed E-state index contributed by atoms with van der Waals surface area (Å²) in [6, 6.07) is 11.5. The highest BCUT2D eigenvalue weighted by Crippen LogP contribution is 2.22. The maximum atomic E-state index is 11.5. The van der Waals surface area contributed by atoms with Crippen molar-refractivity contribution in [2.45, 2.75) is 26.7 Å². The number of nitrogens with two attached hydrogens (primary N) is 2. The second kappa shape index (κ2) is 13.2. The van der Waals surface area contributed by atoms with E-state index in [0.29, 0.717) is 16.2 Å². The molecule has 2 aliphatic heterocycles. The molecule has 34 heavy (non-hydrogen) atoms. The van der Waals surface area contributed by atoms with Gasteiger partial charge < -0.3 is 16.4 Å². The van der Waals surface area contributed by atoms with E-state index in [0.717, 1.165) is 18.8 Å². The largest absolute Gasteiger partial charge is 0.366 e. The van der Waals surface area contributed by atoms with E-state index in [4.69, 9.17) is 11.5 Å². The van der Waals surface area contributed by atoms with Gasteiger partial charge in [-0.1, -0.05) is 17.7 Å². The minimum atomic E-state index is -0.480. The standard InChI is InChI=1S/C12H10N2O2.C7H9NOS.C6H11NO/c13-12(16)9-4-6-10(7-5-9)14-8-2-1-3-11(14)15;1-5-2-3-6(7(8)9)10-4-5;1-6(8)7-4-2-3-5-7/h1-8H,(H2,13,16);2-3H,4H2,1H3,(H2,8,9);2-5H2,1H3. The average Bonchev–Trinajstić information content (AvgIpc) is 3.36. The molecule has 0 radical (unpaired) electrons. The predicted molar refractivity (Wildman–Crippen MR) is 136 cm³/mol. The van der Waals surface area contributed by atoms with E-state index in [1.807, 2.05) is 17.9 Å². The van der Waals surface area contributed by atoms with Gasteiger partial charge in [0.25, 0.3) is 11.5 Å². The van der Waals surface area contributed by atoms with Crippen LogP contribution in [-0.2, 0) is 9.59 Å². The Morgan fingerprint density at radius 1 is 0.912 bits per heavy atom. The second-order valence-corrected chi connectivity index (χ2v) is 8.75. The normalized spacial score (nSPS) is 14.5. The maximum absolute atomic E-state index is 11.5. The molecule has 1 saturated heterocycles. The zero-order chi connectivity index (χ0) is 25.1. The first-order valence-electron chi connectivity index (χ1n) is 10.8. The Morgan fingerprint density at radius 3 is 2.00 bits per heavy atom. The Bertz CT molecular complexity index is 1130. The Morgan fingerprint density at radius 2 is 1.56 bits per heavy atom. The quantitative estimate of drug-likeness (QED) is 0.695. The first-order chi connectivity index (χ1) is 16.2. The van der Waals surface area contributed by atoms with E-state index in [1.54, 1.807) is 55.6 Å². The zero-order valence-corrected chi connectivity index (χ0v) is 20.2. The molecule has 1 aromatic carbocycles. The monoisotopic (exact) mass is 482 g/mol. The minimum absolute atomic E-state index is 0.116. The summed E-state index contributed by atoms with van der Waals surface area (Å²) in [6.07, 6.45) is 7.75. The number of pyridine rings is 1. The summed E-state index contributed by atoms with van der Waals surface area (Å²) in [5, 5.41) is 0. The van der Waals surface area contributed by atoms with Crippen molar-refractivity contribution in [1.82, 2.24) is 9.47 Å². The van der Waals surface area contributed by atoms with Crippen molar-refractivity contribution in [3.8, 4) is 5.69 Å². The lowest BCUT2D eigenvalue weighted by Gasteiger charge is -2.10. The second-order valence-electron chi connectivity index (χ2n) is 7.73. The molecule has 0 bridgehead atoms. The molecule has 1 fully saturated rings. The number of thioether (sulfide) groups is 1. The molecule has 8 nitrogen and oxygen atoms in total. The molecular formula is C25H30N4O4S. The number of rotatable bonds is 3. The fourth-order valence-corrected chi connectivity index (χ4v) is 3.90. The molecule has 3 amide bonds. The summed E-state index contributed by atoms with van der Waals surface area (Å²) in [5.41, 5.74) is 12.5. The van der Waals surface area contributed by atoms with Gasteiger partial charge >= 0.3 is 0 Å². The van der Waals surface area contributed by atoms with Crippen LogP contribution in [0.2, 0.25) is 0 Å². The van der Waals surface area contributed by atoms with Gasteiger partial charge in [0, 0.05) is 49.3 Å². The molecule has 0 unspecified atom stereocenters. The summed E-state index contributed by atoms with van der Waals surface area (Å²) >= 11 is 1.50. The summed E-state index contributed by atoms with van der Waals surface area (Å²) in [6.45, 7) is 5.62. The third-order valence-corrected chi connectivity index (χ3v) is 6.27. The van der Waals surface area contributed by atoms with Crippen molar-refractivity contribution >= 4 is 29.5 Å². The van der Waals surface area contributed by atoms with Crippen LogP contribution in [-0.4, -0.2) is 46.0 Å². The number of hydrogen-bond acceptors (Lipinski definition) is 5. The molecular weight excluding hydrogens is 452 g/mol. The van der Waals surface area contributed by atoms with E-state index in [-0.39, 0.29) is 17.4 Å². The van der Waals surface area contributed by atoms with Gasteiger partial charge in [-0.25, -0.2) is 0 Å². The number of benzene rings is 1. The summed E-state index contributed by atoms with van der Waals surface area (Å²) in [5.74, 6) is 0.303. The molecule has 2 aliphatic rings. The average molecular weight is 483 g/mol. The first-order valence-corrected chi connectivity index (χ1v) is 11.8. The molecule has 3 heterocycles. The van der Waals surface area contributed by atoms with Crippen LogP contribution < -0.4 is 17.0 Å². The van der Waals surface area contributed by atoms with Crippen LogP contribution in [0.1, 0.15) is 37.0 Å². The fourth-order valence-electron chi connectivity index (χ4n) is 3.12. The number of carbonyl (C=O) groups excluding carboxylic acids is 3. The number of aromatic nitrogens is 1. The summed E-state index contributed by atoms with van der Waals surface area (Å²) in [7, 11) is 0. The fraction of sp³-hybridized carbons (Fsp3) is 0.280. The highest BCUT2D eigenvalue weighted by atomic mass is 32.2. The topological polar surface area (TPSA) is 128 Å². The number of nitrogens with zero attached hydrogens (tertiary/aromatic N) is 2. The Labute approximate surface area is 203 Å². The number of amides is 3. The number of carbonyl (C=O) groups is 3. The molecule has 0 spiro atoms. The number of primary amides is 2. The van der Waals surface area contributed by atoms with Gasteiger partial charge in [0.15, 0.2) is 0 Å². The van der Waals surface area contributed by atoms with Crippen molar-refractivity contribution in [3.05, 3.63) is 87.2 Å². The minimum Gasteiger partial charge on any atom is -0.366 e. The number of likely N-dealkylation sites (tertiary alicyclic amines) is 1. The van der Waals surface area contributed by atoms with Gasteiger partial charge in [-0.2, -0.15) is 0 Å². The van der Waals surface area contributed by atoms with E-state index >= 15 is 0 Å². The lowest BCUT2D eigenvalue weighted by Crippen LogP contribution is -2.24. The van der Waals surface area contributed by atoms with Crippen molar-refractivity contribution in [2.75, 3.05) is 18.8 Å². The van der Waals surface area contributed by atoms with E-state index in [1.165, 1.54) is 40.8 Å². The van der Waals surface area contributed by atoms with Gasteiger partial charge in [-0.15, -0.1) is 11.8 Å². The maximum Gasteiger partial charge on any atom is 0.255 e. The molecule has 1 aromatic heterocycles. The zero-order valence-electron chi connectivity index (χ0n) is 19.4. The Kier molecular flexibility index (Phi) is 10.3. The molecule has 180 valence electrons. The molecule has 0 saturated carbocycles. The Hall–Kier alpha value is -3.59. The van der Waals surface area contributed by atoms with Gasteiger partial charge in [-0.3, -0.25) is 23.7 Å². The lowest BCUT2D eigenvalue weighted by molar-refractivity contribution is -0.127. The third kappa shape index (κ3) is 8.40. The van der Waals surface area contributed by atoms with Gasteiger partial charge in [-0.05, 0) is 56.2 Å². The highest BCUT2D eigenvalue weighted by molar-refractivity contribution is 8.04. The van der Waals surface area contributed by atoms with Gasteiger partial charge in [0.2, 0.25) is 11.8 Å². The van der Waals surface area contributed by atoms with E-state index < -0.39 is 5.91 Å². The Balaban J connectivity index is 0.000000195. The van der Waals surface area contributed by atoms with Gasteiger partial charge in [0.05, 0.1) is 4.91 Å². The summed E-state index contributed by atoms with van der Waals surface area (Å²) < 4.78 is 1.49. The van der Waals surface area contributed by atoms with Crippen LogP contribution >= 0.6 is 11.8 Å². The van der Waals surface area contributed by atoms with Crippen LogP contribution in [0, 0.1) is 0 Å². The molecule has 9 heteroatoms. The lowest BCUT2D eigenvalue weighted by atomic mass is 10.2. The third-order valence-electron chi connectivity index (χ3n) is 5.02. The predicted octanol–water partition coefficient (Wildman–Crippen LogP) is 2.61. The molecule has 4 rings (SSSR count). The smallest absolute Gasteiger partial charge is 0.255 e. The van der Waals surface area contributed by atoms with Crippen LogP contribution in [0.3, 0.4) is 0 Å². The molecule has 0 aliphatic carbocycles. The van der Waals surface area contributed by atoms with E-state index in [2.05, 4.69) is 0 Å². The van der Waals surface area contributed by atoms with Crippen molar-refractivity contribution < 1.29 is 14.4 Å². The SMILES string of the molecule is CC(=O)N1CCCC1.CC1=CC=C(C(N)=O)SC1.NC(=O)c1ccc(-n2ccccc2=O)cc1. The number of allylic oxidation sites excluding steroid dienone is 2. The van der Waals surface area contributed by atoms with E-state index in [9.17, 15) is 19.2 Å². The van der Waals surface area contributed by atoms with Crippen LogP contribution in [0.25, 0.3) is 5.69 Å². The van der Waals surface area contributed by atoms with Gasteiger partial charge in [0.1, 0.15) is 0 Å². The highest BCUT2D eigenvalue weighted by Gasteiger charge is 2.12. The van der Waals surface area contributed by atoms with Crippen molar-refractivity contribution in [1.29, 1.82) is 0 Å². The molecule has 0 atom stereocenters. The molecule has 4 N–H and O–H groups in total. The number of hydrogen-bond donors (Lipinski definition) is 2. The van der Waals surface area contributed by atoms with Crippen molar-refractivity contribution in [3.63, 3.8) is 0 Å². The van der Waals surface area contributed by atoms with Crippen molar-refractivity contribution in [2.24, 2.45) is 11.5 Å². The first kappa shape index (κ1) is 26.7. The van der Waals surface area contributed by atoms with Crippen LogP contribution in [0.15, 0.2) is 76.1 Å². The van der Waals surface area contributed by atoms with Crippen LogP contribution in [0.4, 0.5) is 0 Å². The summed E-state index contributed by atoms with van der Waals surface area (Å²) in [4.78, 5) is 46.1.